The van der Waals surface area contributed by atoms with E-state index in [0.29, 0.717) is 49.2 Å². The van der Waals surface area contributed by atoms with Gasteiger partial charge >= 0.3 is 5.97 Å². The molecule has 130 valence electrons. The smallest absolute Gasteiger partial charge is 0.339 e. The third-order valence-electron chi connectivity index (χ3n) is 3.98. The van der Waals surface area contributed by atoms with Crippen LogP contribution in [0.25, 0.3) is 0 Å². The van der Waals surface area contributed by atoms with Crippen molar-refractivity contribution in [3.63, 3.8) is 0 Å². The zero-order valence-electron chi connectivity index (χ0n) is 13.9. The minimum atomic E-state index is -0.414. The molecule has 2 heterocycles. The Bertz CT molecular complexity index is 759. The van der Waals surface area contributed by atoms with E-state index < -0.39 is 5.97 Å². The second-order valence-corrected chi connectivity index (χ2v) is 5.53. The molecule has 3 rings (SSSR count). The highest BCUT2D eigenvalue weighted by Crippen LogP contribution is 2.21. The van der Waals surface area contributed by atoms with Crippen LogP contribution in [0.4, 0.5) is 17.5 Å². The number of carbonyl (C=O) groups is 2. The fourth-order valence-corrected chi connectivity index (χ4v) is 2.62. The van der Waals surface area contributed by atoms with Crippen molar-refractivity contribution in [2.24, 2.45) is 0 Å². The monoisotopic (exact) mass is 341 g/mol. The summed E-state index contributed by atoms with van der Waals surface area (Å²) >= 11 is 0. The first-order chi connectivity index (χ1) is 12.2. The van der Waals surface area contributed by atoms with Gasteiger partial charge < -0.3 is 19.9 Å². The molecule has 0 saturated carbocycles. The average molecular weight is 341 g/mol. The Morgan fingerprint density at radius 3 is 2.68 bits per heavy atom. The van der Waals surface area contributed by atoms with Crippen LogP contribution in [-0.2, 0) is 9.53 Å². The molecule has 1 aliphatic heterocycles. The number of carbonyl (C=O) groups excluding carboxylic acids is 2. The highest BCUT2D eigenvalue weighted by atomic mass is 16.5. The molecule has 8 nitrogen and oxygen atoms in total. The normalized spacial score (nSPS) is 14.1. The van der Waals surface area contributed by atoms with Crippen LogP contribution < -0.4 is 10.2 Å². The second kappa shape index (κ2) is 7.61. The SMILES string of the molecule is COC(=O)c1ccccc1Nc1ccnc(N2CCN(C=O)CC2)n1. The number of para-hydroxylation sites is 1. The minimum absolute atomic E-state index is 0.414. The Morgan fingerprint density at radius 2 is 1.96 bits per heavy atom. The summed E-state index contributed by atoms with van der Waals surface area (Å²) in [5.41, 5.74) is 1.05. The number of esters is 1. The Kier molecular flexibility index (Phi) is 5.08. The van der Waals surface area contributed by atoms with Crippen molar-refractivity contribution in [1.82, 2.24) is 14.9 Å². The van der Waals surface area contributed by atoms with Crippen LogP contribution in [0.15, 0.2) is 36.5 Å². The topological polar surface area (TPSA) is 87.7 Å². The number of amides is 1. The minimum Gasteiger partial charge on any atom is -0.465 e. The maximum Gasteiger partial charge on any atom is 0.339 e. The zero-order valence-corrected chi connectivity index (χ0v) is 13.9. The van der Waals surface area contributed by atoms with E-state index >= 15 is 0 Å². The van der Waals surface area contributed by atoms with Crippen LogP contribution >= 0.6 is 0 Å². The van der Waals surface area contributed by atoms with Gasteiger partial charge in [-0.15, -0.1) is 0 Å². The summed E-state index contributed by atoms with van der Waals surface area (Å²) in [6.07, 6.45) is 2.53. The maximum atomic E-state index is 11.9. The molecule has 2 aromatic rings. The van der Waals surface area contributed by atoms with Crippen molar-refractivity contribution in [3.8, 4) is 0 Å². The van der Waals surface area contributed by atoms with Crippen molar-refractivity contribution in [1.29, 1.82) is 0 Å². The van der Waals surface area contributed by atoms with E-state index in [-0.39, 0.29) is 0 Å². The quantitative estimate of drug-likeness (QED) is 0.647. The van der Waals surface area contributed by atoms with Gasteiger partial charge in [0.15, 0.2) is 0 Å². The molecular formula is C17H19N5O3. The number of nitrogens with zero attached hydrogens (tertiary/aromatic N) is 4. The van der Waals surface area contributed by atoms with Crippen LogP contribution in [0.5, 0.6) is 0 Å². The van der Waals surface area contributed by atoms with Crippen LogP contribution in [0.1, 0.15) is 10.4 Å². The summed E-state index contributed by atoms with van der Waals surface area (Å²) in [7, 11) is 1.35. The van der Waals surface area contributed by atoms with E-state index in [9.17, 15) is 9.59 Å². The van der Waals surface area contributed by atoms with Gasteiger partial charge in [-0.1, -0.05) is 12.1 Å². The summed E-state index contributed by atoms with van der Waals surface area (Å²) in [4.78, 5) is 35.2. The number of ether oxygens (including phenoxy) is 1. The first kappa shape index (κ1) is 16.7. The molecule has 1 amide bonds. The van der Waals surface area contributed by atoms with E-state index in [1.165, 1.54) is 7.11 Å². The first-order valence-corrected chi connectivity index (χ1v) is 7.93. The number of piperazine rings is 1. The van der Waals surface area contributed by atoms with Gasteiger partial charge in [-0.25, -0.2) is 9.78 Å². The van der Waals surface area contributed by atoms with Gasteiger partial charge in [-0.3, -0.25) is 4.79 Å². The molecule has 1 fully saturated rings. The van der Waals surface area contributed by atoms with Crippen molar-refractivity contribution >= 4 is 29.8 Å². The number of hydrogen-bond acceptors (Lipinski definition) is 7. The number of nitrogens with one attached hydrogen (secondary N) is 1. The largest absolute Gasteiger partial charge is 0.465 e. The standard InChI is InChI=1S/C17H19N5O3/c1-25-16(24)13-4-2-3-5-14(13)19-15-6-7-18-17(20-15)22-10-8-21(12-23)9-11-22/h2-7,12H,8-11H2,1H3,(H,18,19,20). The van der Waals surface area contributed by atoms with E-state index in [1.807, 2.05) is 11.0 Å². The lowest BCUT2D eigenvalue weighted by molar-refractivity contribution is -0.118. The molecule has 1 saturated heterocycles. The van der Waals surface area contributed by atoms with Crippen LogP contribution in [-0.4, -0.2) is 60.5 Å². The average Bonchev–Trinajstić information content (AvgIpc) is 2.68. The third kappa shape index (κ3) is 3.85. The molecule has 0 atom stereocenters. The second-order valence-electron chi connectivity index (χ2n) is 5.53. The van der Waals surface area contributed by atoms with Gasteiger partial charge in [-0.05, 0) is 18.2 Å². The van der Waals surface area contributed by atoms with Crippen LogP contribution in [0, 0.1) is 0 Å². The highest BCUT2D eigenvalue weighted by molar-refractivity contribution is 5.96. The highest BCUT2D eigenvalue weighted by Gasteiger charge is 2.18. The van der Waals surface area contributed by atoms with E-state index in [0.717, 1.165) is 6.41 Å². The van der Waals surface area contributed by atoms with E-state index in [1.54, 1.807) is 35.4 Å². The van der Waals surface area contributed by atoms with Gasteiger partial charge in [0, 0.05) is 32.4 Å². The number of anilines is 3. The molecule has 0 bridgehead atoms. The van der Waals surface area contributed by atoms with E-state index in [2.05, 4.69) is 15.3 Å². The summed E-state index contributed by atoms with van der Waals surface area (Å²) in [6, 6.07) is 8.82. The number of aromatic nitrogens is 2. The van der Waals surface area contributed by atoms with Crippen LogP contribution in [0.3, 0.4) is 0 Å². The van der Waals surface area contributed by atoms with Gasteiger partial charge in [0.25, 0.3) is 0 Å². The number of hydrogen-bond donors (Lipinski definition) is 1. The molecule has 1 N–H and O–H groups in total. The lowest BCUT2D eigenvalue weighted by atomic mass is 10.2. The lowest BCUT2D eigenvalue weighted by Gasteiger charge is -2.32. The van der Waals surface area contributed by atoms with Crippen molar-refractivity contribution in [3.05, 3.63) is 42.1 Å². The number of benzene rings is 1. The van der Waals surface area contributed by atoms with Gasteiger partial charge in [-0.2, -0.15) is 4.98 Å². The summed E-state index contributed by atoms with van der Waals surface area (Å²) in [6.45, 7) is 2.66. The summed E-state index contributed by atoms with van der Waals surface area (Å²) in [5, 5.41) is 3.14. The molecule has 1 aromatic heterocycles. The van der Waals surface area contributed by atoms with Gasteiger partial charge in [0.2, 0.25) is 12.4 Å². The Labute approximate surface area is 145 Å². The van der Waals surface area contributed by atoms with Crippen molar-refractivity contribution < 1.29 is 14.3 Å². The molecule has 25 heavy (non-hydrogen) atoms. The Morgan fingerprint density at radius 1 is 1.20 bits per heavy atom. The zero-order chi connectivity index (χ0) is 17.6. The number of rotatable bonds is 5. The molecule has 1 aliphatic rings. The van der Waals surface area contributed by atoms with Gasteiger partial charge in [0.05, 0.1) is 18.4 Å². The molecule has 0 aliphatic carbocycles. The molecule has 0 radical (unpaired) electrons. The van der Waals surface area contributed by atoms with Crippen molar-refractivity contribution in [2.45, 2.75) is 0 Å². The molecule has 0 spiro atoms. The summed E-state index contributed by atoms with van der Waals surface area (Å²) in [5.74, 6) is 0.757. The molecular weight excluding hydrogens is 322 g/mol. The molecule has 8 heteroatoms. The first-order valence-electron chi connectivity index (χ1n) is 7.93. The molecule has 0 unspecified atom stereocenters. The predicted molar refractivity (Wildman–Crippen MR) is 92.9 cm³/mol. The van der Waals surface area contributed by atoms with Crippen molar-refractivity contribution in [2.75, 3.05) is 43.5 Å². The Hall–Kier alpha value is -3.16. The maximum absolute atomic E-state index is 11.9. The molecule has 1 aromatic carbocycles. The number of methoxy groups -OCH3 is 1. The lowest BCUT2D eigenvalue weighted by Crippen LogP contribution is -2.46. The fourth-order valence-electron chi connectivity index (χ4n) is 2.62. The Balaban J connectivity index is 1.77. The fraction of sp³-hybridized carbons (Fsp3) is 0.294. The predicted octanol–water partition coefficient (Wildman–Crippen LogP) is 1.29. The van der Waals surface area contributed by atoms with E-state index in [4.69, 9.17) is 4.74 Å². The third-order valence-corrected chi connectivity index (χ3v) is 3.98. The van der Waals surface area contributed by atoms with Gasteiger partial charge in [0.1, 0.15) is 5.82 Å². The van der Waals surface area contributed by atoms with Crippen LogP contribution in [0.2, 0.25) is 0 Å². The summed E-state index contributed by atoms with van der Waals surface area (Å²) < 4.78 is 4.80.